The van der Waals surface area contributed by atoms with Gasteiger partial charge in [0.15, 0.2) is 0 Å². The van der Waals surface area contributed by atoms with Crippen molar-refractivity contribution in [1.82, 2.24) is 14.7 Å². The molecule has 4 rings (SSSR count). The van der Waals surface area contributed by atoms with Crippen LogP contribution in [0.15, 0.2) is 42.7 Å². The second-order valence-corrected chi connectivity index (χ2v) is 6.81. The van der Waals surface area contributed by atoms with Crippen LogP contribution in [0.1, 0.15) is 32.1 Å². The van der Waals surface area contributed by atoms with Crippen molar-refractivity contribution in [3.05, 3.63) is 42.7 Å². The van der Waals surface area contributed by atoms with Crippen LogP contribution in [0, 0.1) is 5.92 Å². The molecule has 0 unspecified atom stereocenters. The van der Waals surface area contributed by atoms with Gasteiger partial charge < -0.3 is 10.2 Å². The van der Waals surface area contributed by atoms with Crippen LogP contribution in [0.5, 0.6) is 0 Å². The Morgan fingerprint density at radius 1 is 1.12 bits per heavy atom. The lowest BCUT2D eigenvalue weighted by Gasteiger charge is -2.32. The molecule has 1 aromatic heterocycles. The van der Waals surface area contributed by atoms with Crippen molar-refractivity contribution in [2.24, 2.45) is 5.92 Å². The fourth-order valence-electron chi connectivity index (χ4n) is 3.57. The zero-order valence-electron chi connectivity index (χ0n) is 14.1. The monoisotopic (exact) mass is 338 g/mol. The fraction of sp³-hybridized carbons (Fsp3) is 0.421. The van der Waals surface area contributed by atoms with E-state index in [9.17, 15) is 9.59 Å². The van der Waals surface area contributed by atoms with Crippen LogP contribution in [0.25, 0.3) is 5.69 Å². The minimum Gasteiger partial charge on any atom is -0.330 e. The van der Waals surface area contributed by atoms with Crippen LogP contribution in [0.4, 0.5) is 5.69 Å². The highest BCUT2D eigenvalue weighted by Crippen LogP contribution is 2.31. The molecule has 1 aliphatic carbocycles. The number of aromatic nitrogens is 2. The first kappa shape index (κ1) is 15.9. The predicted octanol–water partition coefficient (Wildman–Crippen LogP) is 2.60. The normalized spacial score (nSPS) is 20.3. The lowest BCUT2D eigenvalue weighted by Crippen LogP contribution is -2.46. The Hall–Kier alpha value is -2.63. The number of nitrogens with one attached hydrogen (secondary N) is 1. The van der Waals surface area contributed by atoms with E-state index in [0.717, 1.165) is 43.5 Å². The van der Waals surface area contributed by atoms with Crippen LogP contribution in [0.3, 0.4) is 0 Å². The molecule has 6 nitrogen and oxygen atoms in total. The number of hydrogen-bond acceptors (Lipinski definition) is 3. The zero-order chi connectivity index (χ0) is 17.2. The number of amides is 2. The smallest absolute Gasteiger partial charge is 0.247 e. The molecule has 0 radical (unpaired) electrons. The van der Waals surface area contributed by atoms with Crippen LogP contribution >= 0.6 is 0 Å². The predicted molar refractivity (Wildman–Crippen MR) is 94.3 cm³/mol. The van der Waals surface area contributed by atoms with E-state index >= 15 is 0 Å². The molecule has 1 aliphatic heterocycles. The first-order chi connectivity index (χ1) is 12.2. The summed E-state index contributed by atoms with van der Waals surface area (Å²) in [5.74, 6) is 0.202. The van der Waals surface area contributed by atoms with E-state index in [1.54, 1.807) is 15.8 Å². The summed E-state index contributed by atoms with van der Waals surface area (Å²) in [4.78, 5) is 27.1. The third-order valence-electron chi connectivity index (χ3n) is 5.18. The molecule has 2 amide bonds. The van der Waals surface area contributed by atoms with Gasteiger partial charge in [0.25, 0.3) is 0 Å². The van der Waals surface area contributed by atoms with E-state index in [4.69, 9.17) is 0 Å². The van der Waals surface area contributed by atoms with Gasteiger partial charge in [0.05, 0.1) is 5.69 Å². The molecular formula is C19H22N4O2. The molecule has 1 atom stereocenters. The average molecular weight is 338 g/mol. The van der Waals surface area contributed by atoms with Gasteiger partial charge in [-0.25, -0.2) is 4.68 Å². The molecule has 2 aliphatic rings. The lowest BCUT2D eigenvalue weighted by molar-refractivity contribution is -0.142. The molecule has 1 N–H and O–H groups in total. The first-order valence-corrected chi connectivity index (χ1v) is 8.94. The van der Waals surface area contributed by atoms with Gasteiger partial charge in [0.2, 0.25) is 11.8 Å². The summed E-state index contributed by atoms with van der Waals surface area (Å²) in [5, 5.41) is 7.18. The molecule has 6 heteroatoms. The van der Waals surface area contributed by atoms with Gasteiger partial charge in [-0.15, -0.1) is 0 Å². The quantitative estimate of drug-likeness (QED) is 0.932. The van der Waals surface area contributed by atoms with Crippen LogP contribution in [-0.2, 0) is 9.59 Å². The molecule has 130 valence electrons. The standard InChI is InChI=1S/C19H22N4O2/c24-18(17-9-3-11-22(17)19(25)14-5-1-6-14)21-15-7-2-8-16(13-15)23-12-4-10-20-23/h2,4,7-8,10,12-14,17H,1,3,5-6,9,11H2,(H,21,24)/t17-/m1/s1. The topological polar surface area (TPSA) is 67.2 Å². The fourth-order valence-corrected chi connectivity index (χ4v) is 3.57. The van der Waals surface area contributed by atoms with Gasteiger partial charge in [0, 0.05) is 30.5 Å². The van der Waals surface area contributed by atoms with Crippen molar-refractivity contribution < 1.29 is 9.59 Å². The van der Waals surface area contributed by atoms with Crippen molar-refractivity contribution in [3.8, 4) is 5.69 Å². The van der Waals surface area contributed by atoms with Gasteiger partial charge in [-0.05, 0) is 49.9 Å². The van der Waals surface area contributed by atoms with Crippen LogP contribution < -0.4 is 5.32 Å². The number of nitrogens with zero attached hydrogens (tertiary/aromatic N) is 3. The molecule has 2 heterocycles. The highest BCUT2D eigenvalue weighted by molar-refractivity contribution is 5.98. The Bertz CT molecular complexity index is 767. The highest BCUT2D eigenvalue weighted by Gasteiger charge is 2.38. The minimum absolute atomic E-state index is 0.0946. The maximum absolute atomic E-state index is 12.7. The van der Waals surface area contributed by atoms with Crippen LogP contribution in [0.2, 0.25) is 0 Å². The Labute approximate surface area is 146 Å². The zero-order valence-corrected chi connectivity index (χ0v) is 14.1. The molecular weight excluding hydrogens is 316 g/mol. The van der Waals surface area contributed by atoms with E-state index < -0.39 is 0 Å². The molecule has 2 fully saturated rings. The third kappa shape index (κ3) is 3.16. The minimum atomic E-state index is -0.346. The molecule has 0 spiro atoms. The molecule has 2 aromatic rings. The summed E-state index contributed by atoms with van der Waals surface area (Å²) in [7, 11) is 0. The van der Waals surface area contributed by atoms with Crippen molar-refractivity contribution in [2.45, 2.75) is 38.1 Å². The Balaban J connectivity index is 1.46. The van der Waals surface area contributed by atoms with Gasteiger partial charge in [-0.3, -0.25) is 9.59 Å². The van der Waals surface area contributed by atoms with Gasteiger partial charge in [-0.1, -0.05) is 12.5 Å². The van der Waals surface area contributed by atoms with Crippen molar-refractivity contribution in [1.29, 1.82) is 0 Å². The summed E-state index contributed by atoms with van der Waals surface area (Å²) in [6.07, 6.45) is 8.27. The van der Waals surface area contributed by atoms with E-state index in [-0.39, 0.29) is 23.8 Å². The van der Waals surface area contributed by atoms with Gasteiger partial charge in [0.1, 0.15) is 6.04 Å². The molecule has 1 saturated heterocycles. The molecule has 0 bridgehead atoms. The second kappa shape index (κ2) is 6.70. The SMILES string of the molecule is O=C(Nc1cccc(-n2cccn2)c1)[C@H]1CCCN1C(=O)C1CCC1. The Kier molecular flexibility index (Phi) is 4.26. The van der Waals surface area contributed by atoms with Crippen molar-refractivity contribution in [2.75, 3.05) is 11.9 Å². The number of carbonyl (C=O) groups excluding carboxylic acids is 2. The number of benzene rings is 1. The third-order valence-corrected chi connectivity index (χ3v) is 5.18. The van der Waals surface area contributed by atoms with E-state index in [2.05, 4.69) is 10.4 Å². The first-order valence-electron chi connectivity index (χ1n) is 8.94. The van der Waals surface area contributed by atoms with Gasteiger partial charge in [-0.2, -0.15) is 5.10 Å². The number of anilines is 1. The number of likely N-dealkylation sites (tertiary alicyclic amines) is 1. The summed E-state index contributed by atoms with van der Waals surface area (Å²) >= 11 is 0. The van der Waals surface area contributed by atoms with Gasteiger partial charge >= 0.3 is 0 Å². The van der Waals surface area contributed by atoms with E-state index in [0.29, 0.717) is 6.54 Å². The maximum Gasteiger partial charge on any atom is 0.247 e. The van der Waals surface area contributed by atoms with Crippen molar-refractivity contribution >= 4 is 17.5 Å². The summed E-state index contributed by atoms with van der Waals surface area (Å²) in [6, 6.07) is 9.08. The largest absolute Gasteiger partial charge is 0.330 e. The second-order valence-electron chi connectivity index (χ2n) is 6.81. The lowest BCUT2D eigenvalue weighted by atomic mass is 9.84. The number of hydrogen-bond donors (Lipinski definition) is 1. The summed E-state index contributed by atoms with van der Waals surface area (Å²) in [5.41, 5.74) is 1.61. The Morgan fingerprint density at radius 3 is 2.72 bits per heavy atom. The summed E-state index contributed by atoms with van der Waals surface area (Å²) in [6.45, 7) is 0.695. The molecule has 25 heavy (non-hydrogen) atoms. The average Bonchev–Trinajstić information content (AvgIpc) is 3.25. The van der Waals surface area contributed by atoms with Crippen molar-refractivity contribution in [3.63, 3.8) is 0 Å². The van der Waals surface area contributed by atoms with E-state index in [1.807, 2.05) is 36.5 Å². The molecule has 1 aromatic carbocycles. The highest BCUT2D eigenvalue weighted by atomic mass is 16.2. The summed E-state index contributed by atoms with van der Waals surface area (Å²) < 4.78 is 1.75. The maximum atomic E-state index is 12.7. The number of carbonyl (C=O) groups is 2. The van der Waals surface area contributed by atoms with E-state index in [1.165, 1.54) is 0 Å². The Morgan fingerprint density at radius 2 is 2.00 bits per heavy atom. The number of rotatable bonds is 4. The molecule has 1 saturated carbocycles. The van der Waals surface area contributed by atoms with Crippen LogP contribution in [-0.4, -0.2) is 39.1 Å².